The SMILES string of the molecule is CCCCCCC/C=C\C/C=C\C/C=C\CCCCCCCCCCCCCCCCC(=O)OC(COC(=O)CCCCCCCCCCCCCCCCCCCCCCCCCCCC)COC(OCC[N+](C)(C)C)C(=O)O. The number of carboxylic acids is 1. The molecule has 2 atom stereocenters. The summed E-state index contributed by atoms with van der Waals surface area (Å²) in [5.74, 6) is -1.98. The van der Waals surface area contributed by atoms with E-state index in [1.165, 1.54) is 263 Å². The van der Waals surface area contributed by atoms with Gasteiger partial charge >= 0.3 is 17.9 Å². The maximum atomic E-state index is 12.9. The third-order valence-corrected chi connectivity index (χ3v) is 15.6. The van der Waals surface area contributed by atoms with Crippen LogP contribution in [0, 0.1) is 0 Å². The molecule has 0 radical (unpaired) electrons. The van der Waals surface area contributed by atoms with Crippen LogP contribution in [0.2, 0.25) is 0 Å². The highest BCUT2D eigenvalue weighted by molar-refractivity contribution is 5.71. The maximum absolute atomic E-state index is 12.9. The second-order valence-electron chi connectivity index (χ2n) is 24.8. The van der Waals surface area contributed by atoms with Crippen LogP contribution in [-0.2, 0) is 33.3 Å². The van der Waals surface area contributed by atoms with Crippen LogP contribution in [0.5, 0.6) is 0 Å². The van der Waals surface area contributed by atoms with E-state index in [1.54, 1.807) is 0 Å². The Morgan fingerprint density at radius 3 is 1.00 bits per heavy atom. The van der Waals surface area contributed by atoms with E-state index in [1.807, 2.05) is 21.1 Å². The van der Waals surface area contributed by atoms with Crippen molar-refractivity contribution < 1.29 is 42.9 Å². The maximum Gasteiger partial charge on any atom is 0.361 e. The van der Waals surface area contributed by atoms with Crippen molar-refractivity contribution in [1.29, 1.82) is 0 Å². The van der Waals surface area contributed by atoms with Crippen LogP contribution in [0.4, 0.5) is 0 Å². The summed E-state index contributed by atoms with van der Waals surface area (Å²) in [4.78, 5) is 37.6. The van der Waals surface area contributed by atoms with E-state index in [0.29, 0.717) is 17.4 Å². The molecule has 0 aliphatic rings. The highest BCUT2D eigenvalue weighted by atomic mass is 16.7. The van der Waals surface area contributed by atoms with Crippen LogP contribution >= 0.6 is 0 Å². The highest BCUT2D eigenvalue weighted by Crippen LogP contribution is 2.19. The number of carbonyl (C=O) groups excluding carboxylic acids is 2. The van der Waals surface area contributed by atoms with Gasteiger partial charge in [0.15, 0.2) is 6.10 Å². The van der Waals surface area contributed by atoms with Gasteiger partial charge in [-0.3, -0.25) is 9.59 Å². The van der Waals surface area contributed by atoms with Crippen LogP contribution in [0.3, 0.4) is 0 Å². The molecule has 0 rings (SSSR count). The molecule has 80 heavy (non-hydrogen) atoms. The summed E-state index contributed by atoms with van der Waals surface area (Å²) in [5, 5.41) is 9.74. The Bertz CT molecular complexity index is 1410. The molecule has 0 saturated heterocycles. The number of hydrogen-bond acceptors (Lipinski definition) is 7. The molecule has 0 aromatic rings. The summed E-state index contributed by atoms with van der Waals surface area (Å²) in [6.45, 7) is 4.93. The molecule has 0 bridgehead atoms. The van der Waals surface area contributed by atoms with Crippen molar-refractivity contribution >= 4 is 17.9 Å². The number of esters is 2. The van der Waals surface area contributed by atoms with Crippen LogP contribution in [0.1, 0.15) is 341 Å². The van der Waals surface area contributed by atoms with Gasteiger partial charge in [-0.15, -0.1) is 0 Å². The van der Waals surface area contributed by atoms with Gasteiger partial charge in [0.1, 0.15) is 13.2 Å². The smallest absolute Gasteiger partial charge is 0.361 e. The van der Waals surface area contributed by atoms with Gasteiger partial charge in [0.05, 0.1) is 34.4 Å². The fourth-order valence-corrected chi connectivity index (χ4v) is 10.3. The number of ether oxygens (including phenoxy) is 4. The van der Waals surface area contributed by atoms with Gasteiger partial charge in [-0.1, -0.05) is 314 Å². The molecule has 0 fully saturated rings. The van der Waals surface area contributed by atoms with Crippen molar-refractivity contribution in [3.05, 3.63) is 36.5 Å². The molecule has 2 unspecified atom stereocenters. The fourth-order valence-electron chi connectivity index (χ4n) is 10.3. The third kappa shape index (κ3) is 63.1. The summed E-state index contributed by atoms with van der Waals surface area (Å²) in [6.07, 6.45) is 75.4. The van der Waals surface area contributed by atoms with Crippen LogP contribution in [-0.4, -0.2) is 87.4 Å². The molecule has 9 heteroatoms. The van der Waals surface area contributed by atoms with Crippen molar-refractivity contribution in [2.45, 2.75) is 354 Å². The second kappa shape index (κ2) is 62.6. The Balaban J connectivity index is 4.09. The predicted octanol–water partition coefficient (Wildman–Crippen LogP) is 21.2. The number of likely N-dealkylation sites (N-methyl/N-ethyl adjacent to an activating group) is 1. The largest absolute Gasteiger partial charge is 0.477 e. The summed E-state index contributed by atoms with van der Waals surface area (Å²) in [6, 6.07) is 0. The van der Waals surface area contributed by atoms with Gasteiger partial charge in [-0.2, -0.15) is 0 Å². The Hall–Kier alpha value is -2.49. The Labute approximate surface area is 496 Å². The van der Waals surface area contributed by atoms with Gasteiger partial charge in [-0.05, 0) is 51.4 Å². The Morgan fingerprint density at radius 1 is 0.375 bits per heavy atom. The molecular weight excluding hydrogens is 995 g/mol. The van der Waals surface area contributed by atoms with E-state index in [0.717, 1.165) is 51.4 Å². The molecule has 0 amide bonds. The molecular formula is C71H134NO8+. The van der Waals surface area contributed by atoms with Crippen LogP contribution in [0.25, 0.3) is 0 Å². The second-order valence-corrected chi connectivity index (χ2v) is 24.8. The van der Waals surface area contributed by atoms with E-state index in [2.05, 4.69) is 50.3 Å². The monoisotopic (exact) mass is 1130 g/mol. The summed E-state index contributed by atoms with van der Waals surface area (Å²) >= 11 is 0. The molecule has 0 aliphatic heterocycles. The third-order valence-electron chi connectivity index (χ3n) is 15.6. The van der Waals surface area contributed by atoms with Gasteiger partial charge < -0.3 is 28.5 Å². The lowest BCUT2D eigenvalue weighted by Gasteiger charge is -2.25. The minimum Gasteiger partial charge on any atom is -0.477 e. The molecule has 0 aromatic carbocycles. The van der Waals surface area contributed by atoms with Gasteiger partial charge in [-0.25, -0.2) is 4.79 Å². The summed E-state index contributed by atoms with van der Waals surface area (Å²) in [7, 11) is 5.99. The van der Waals surface area contributed by atoms with Crippen molar-refractivity contribution in [1.82, 2.24) is 0 Å². The molecule has 9 nitrogen and oxygen atoms in total. The van der Waals surface area contributed by atoms with E-state index in [-0.39, 0.29) is 38.2 Å². The lowest BCUT2D eigenvalue weighted by atomic mass is 10.0. The highest BCUT2D eigenvalue weighted by Gasteiger charge is 2.25. The molecule has 0 saturated carbocycles. The number of carboxylic acid groups (broad SMARTS) is 1. The average Bonchev–Trinajstić information content (AvgIpc) is 3.43. The van der Waals surface area contributed by atoms with Gasteiger partial charge in [0.2, 0.25) is 0 Å². The Morgan fingerprint density at radius 2 is 0.675 bits per heavy atom. The first kappa shape index (κ1) is 77.5. The zero-order valence-corrected chi connectivity index (χ0v) is 53.8. The number of unbranched alkanes of at least 4 members (excludes halogenated alkanes) is 44. The zero-order valence-electron chi connectivity index (χ0n) is 53.8. The molecule has 0 aromatic heterocycles. The van der Waals surface area contributed by atoms with Gasteiger partial charge in [0.25, 0.3) is 6.29 Å². The lowest BCUT2D eigenvalue weighted by Crippen LogP contribution is -2.40. The topological polar surface area (TPSA) is 108 Å². The quantitative estimate of drug-likeness (QED) is 0.0211. The molecule has 0 spiro atoms. The molecule has 1 N–H and O–H groups in total. The van der Waals surface area contributed by atoms with Gasteiger partial charge in [0, 0.05) is 12.8 Å². The van der Waals surface area contributed by atoms with Crippen molar-refractivity contribution in [3.8, 4) is 0 Å². The number of hydrogen-bond donors (Lipinski definition) is 1. The standard InChI is InChI=1S/C71H133NO8/c1-6-8-10-12-14-16-18-20-22-24-26-28-30-32-34-35-36-38-40-42-44-46-48-50-52-54-56-58-60-62-69(74)80-67(66-79-71(70(75)76)77-64-63-72(3,4)5)65-78-68(73)61-59-57-55-53-51-49-47-45-43-41-39-37-33-31-29-27-25-23-21-19-17-15-13-11-9-7-2/h18,20,24,26,30,32,67,71H,6-17,19,21-23,25,27-29,31,33-66H2,1-5H3/p+1/b20-18-,26-24-,32-30-. The summed E-state index contributed by atoms with van der Waals surface area (Å²) < 4.78 is 23.0. The normalized spacial score (nSPS) is 12.9. The number of quaternary nitrogens is 1. The molecule has 470 valence electrons. The number of nitrogens with zero attached hydrogens (tertiary/aromatic N) is 1. The molecule has 0 aliphatic carbocycles. The van der Waals surface area contributed by atoms with E-state index in [4.69, 9.17) is 18.9 Å². The van der Waals surface area contributed by atoms with Crippen molar-refractivity contribution in [2.24, 2.45) is 0 Å². The average molecular weight is 1130 g/mol. The fraction of sp³-hybridized carbons (Fsp3) is 0.873. The molecule has 0 heterocycles. The first-order valence-corrected chi connectivity index (χ1v) is 34.7. The first-order valence-electron chi connectivity index (χ1n) is 34.7. The Kier molecular flexibility index (Phi) is 60.6. The number of allylic oxidation sites excluding steroid dienone is 6. The van der Waals surface area contributed by atoms with Crippen molar-refractivity contribution in [2.75, 3.05) is 47.5 Å². The lowest BCUT2D eigenvalue weighted by molar-refractivity contribution is -0.870. The number of carbonyl (C=O) groups is 3. The van der Waals surface area contributed by atoms with E-state index < -0.39 is 18.4 Å². The van der Waals surface area contributed by atoms with Crippen LogP contribution < -0.4 is 0 Å². The minimum absolute atomic E-state index is 0.177. The zero-order chi connectivity index (χ0) is 58.3. The van der Waals surface area contributed by atoms with E-state index in [9.17, 15) is 19.5 Å². The minimum atomic E-state index is -1.51. The van der Waals surface area contributed by atoms with Crippen molar-refractivity contribution in [3.63, 3.8) is 0 Å². The number of rotatable bonds is 65. The predicted molar refractivity (Wildman–Crippen MR) is 341 cm³/mol. The number of aliphatic carboxylic acids is 1. The van der Waals surface area contributed by atoms with E-state index >= 15 is 0 Å². The van der Waals surface area contributed by atoms with Crippen LogP contribution in [0.15, 0.2) is 36.5 Å². The first-order chi connectivity index (χ1) is 39.1. The summed E-state index contributed by atoms with van der Waals surface area (Å²) in [5.41, 5.74) is 0.